The fourth-order valence-electron chi connectivity index (χ4n) is 1.97. The summed E-state index contributed by atoms with van der Waals surface area (Å²) in [6.07, 6.45) is 2.70. The number of aromatic nitrogens is 1. The van der Waals surface area contributed by atoms with Crippen LogP contribution in [0.1, 0.15) is 43.2 Å². The molecular weight excluding hydrogens is 238 g/mol. The van der Waals surface area contributed by atoms with Crippen LogP contribution in [0, 0.1) is 12.8 Å². The molecule has 19 heavy (non-hydrogen) atoms. The van der Waals surface area contributed by atoms with E-state index in [1.807, 2.05) is 20.0 Å². The molecule has 1 aromatic rings. The zero-order valence-electron chi connectivity index (χ0n) is 12.7. The van der Waals surface area contributed by atoms with Gasteiger partial charge in [0.1, 0.15) is 0 Å². The molecule has 0 aliphatic rings. The van der Waals surface area contributed by atoms with E-state index in [0.717, 1.165) is 30.9 Å². The molecule has 1 aromatic heterocycles. The van der Waals surface area contributed by atoms with Crippen LogP contribution in [0.25, 0.3) is 0 Å². The molecule has 0 fully saturated rings. The van der Waals surface area contributed by atoms with Crippen LogP contribution in [0.2, 0.25) is 0 Å². The lowest BCUT2D eigenvalue weighted by Gasteiger charge is -2.21. The zero-order chi connectivity index (χ0) is 14.4. The third kappa shape index (κ3) is 4.54. The monoisotopic (exact) mass is 263 g/mol. The van der Waals surface area contributed by atoms with E-state index in [0.29, 0.717) is 11.5 Å². The molecular formula is C15H25N3O. The number of anilines is 1. The fraction of sp³-hybridized carbons (Fsp3) is 0.600. The smallest absolute Gasteiger partial charge is 0.257 e. The lowest BCUT2D eigenvalue weighted by atomic mass is 10.1. The van der Waals surface area contributed by atoms with Gasteiger partial charge < -0.3 is 10.2 Å². The van der Waals surface area contributed by atoms with E-state index in [9.17, 15) is 4.79 Å². The van der Waals surface area contributed by atoms with Gasteiger partial charge in [-0.1, -0.05) is 20.8 Å². The standard InChI is InChI=1S/C15H25N3O/c1-6-7-16-14-8-12(4)17-9-13(14)15(19)18(5)10-11(2)3/h8-9,11H,6-7,10H2,1-5H3,(H,16,17). The van der Waals surface area contributed by atoms with Crippen LogP contribution < -0.4 is 5.32 Å². The van der Waals surface area contributed by atoms with Gasteiger partial charge in [-0.2, -0.15) is 0 Å². The molecule has 1 amide bonds. The Morgan fingerprint density at radius 1 is 1.47 bits per heavy atom. The van der Waals surface area contributed by atoms with E-state index in [1.54, 1.807) is 11.1 Å². The van der Waals surface area contributed by atoms with Gasteiger partial charge in [0.25, 0.3) is 5.91 Å². The Bertz CT molecular complexity index is 429. The van der Waals surface area contributed by atoms with Gasteiger partial charge in [0.15, 0.2) is 0 Å². The van der Waals surface area contributed by atoms with Crippen molar-refractivity contribution < 1.29 is 4.79 Å². The van der Waals surface area contributed by atoms with Crippen LogP contribution in [0.3, 0.4) is 0 Å². The Morgan fingerprint density at radius 2 is 2.16 bits per heavy atom. The number of hydrogen-bond acceptors (Lipinski definition) is 3. The fourth-order valence-corrected chi connectivity index (χ4v) is 1.97. The molecule has 4 nitrogen and oxygen atoms in total. The minimum Gasteiger partial charge on any atom is -0.384 e. The first-order valence-corrected chi connectivity index (χ1v) is 6.91. The van der Waals surface area contributed by atoms with Crippen LogP contribution >= 0.6 is 0 Å². The molecule has 4 heteroatoms. The molecule has 0 spiro atoms. The van der Waals surface area contributed by atoms with Crippen LogP contribution in [0.5, 0.6) is 0 Å². The second-order valence-electron chi connectivity index (χ2n) is 5.38. The number of carbonyl (C=O) groups is 1. The van der Waals surface area contributed by atoms with Gasteiger partial charge in [-0.15, -0.1) is 0 Å². The number of hydrogen-bond donors (Lipinski definition) is 1. The molecule has 0 saturated carbocycles. The lowest BCUT2D eigenvalue weighted by Crippen LogP contribution is -2.31. The predicted molar refractivity (Wildman–Crippen MR) is 79.6 cm³/mol. The molecule has 0 aliphatic heterocycles. The first-order chi connectivity index (χ1) is 8.95. The van der Waals surface area contributed by atoms with Crippen molar-refractivity contribution in [2.75, 3.05) is 25.5 Å². The van der Waals surface area contributed by atoms with Crippen LogP contribution in [0.4, 0.5) is 5.69 Å². The maximum atomic E-state index is 12.4. The third-order valence-electron chi connectivity index (χ3n) is 2.82. The molecule has 1 N–H and O–H groups in total. The number of carbonyl (C=O) groups excluding carboxylic acids is 1. The van der Waals surface area contributed by atoms with Gasteiger partial charge in [0.05, 0.1) is 11.3 Å². The number of nitrogens with one attached hydrogen (secondary N) is 1. The van der Waals surface area contributed by atoms with Crippen molar-refractivity contribution in [3.8, 4) is 0 Å². The van der Waals surface area contributed by atoms with E-state index in [1.165, 1.54) is 0 Å². The average molecular weight is 263 g/mol. The number of pyridine rings is 1. The van der Waals surface area contributed by atoms with Gasteiger partial charge in [-0.05, 0) is 25.3 Å². The SMILES string of the molecule is CCCNc1cc(C)ncc1C(=O)N(C)CC(C)C. The average Bonchev–Trinajstić information content (AvgIpc) is 2.34. The summed E-state index contributed by atoms with van der Waals surface area (Å²) in [6.45, 7) is 9.86. The minimum atomic E-state index is 0.0276. The van der Waals surface area contributed by atoms with E-state index < -0.39 is 0 Å². The summed E-state index contributed by atoms with van der Waals surface area (Å²) in [7, 11) is 1.84. The van der Waals surface area contributed by atoms with Crippen LogP contribution in [-0.2, 0) is 0 Å². The molecule has 0 radical (unpaired) electrons. The molecule has 0 unspecified atom stereocenters. The highest BCUT2D eigenvalue weighted by Crippen LogP contribution is 2.18. The minimum absolute atomic E-state index is 0.0276. The highest BCUT2D eigenvalue weighted by Gasteiger charge is 2.17. The Hall–Kier alpha value is -1.58. The number of nitrogens with zero attached hydrogens (tertiary/aromatic N) is 2. The van der Waals surface area contributed by atoms with E-state index in [2.05, 4.69) is 31.1 Å². The normalized spacial score (nSPS) is 10.6. The second-order valence-corrected chi connectivity index (χ2v) is 5.38. The summed E-state index contributed by atoms with van der Waals surface area (Å²) >= 11 is 0. The van der Waals surface area contributed by atoms with Crippen molar-refractivity contribution in [3.05, 3.63) is 23.5 Å². The van der Waals surface area contributed by atoms with Gasteiger partial charge in [-0.3, -0.25) is 9.78 Å². The van der Waals surface area contributed by atoms with Crippen molar-refractivity contribution in [3.63, 3.8) is 0 Å². The van der Waals surface area contributed by atoms with E-state index in [4.69, 9.17) is 0 Å². The third-order valence-corrected chi connectivity index (χ3v) is 2.82. The first kappa shape index (κ1) is 15.5. The van der Waals surface area contributed by atoms with Crippen molar-refractivity contribution in [1.29, 1.82) is 0 Å². The molecule has 106 valence electrons. The summed E-state index contributed by atoms with van der Waals surface area (Å²) in [5, 5.41) is 3.31. The first-order valence-electron chi connectivity index (χ1n) is 6.91. The van der Waals surface area contributed by atoms with Crippen LogP contribution in [-0.4, -0.2) is 35.9 Å². The van der Waals surface area contributed by atoms with Crippen molar-refractivity contribution >= 4 is 11.6 Å². The zero-order valence-corrected chi connectivity index (χ0v) is 12.7. The Labute approximate surface area is 116 Å². The quantitative estimate of drug-likeness (QED) is 0.858. The summed E-state index contributed by atoms with van der Waals surface area (Å²) in [6, 6.07) is 1.94. The summed E-state index contributed by atoms with van der Waals surface area (Å²) in [5.74, 6) is 0.485. The Kier molecular flexibility index (Phi) is 5.80. The van der Waals surface area contributed by atoms with Gasteiger partial charge in [0.2, 0.25) is 0 Å². The predicted octanol–water partition coefficient (Wildman–Crippen LogP) is 2.94. The highest BCUT2D eigenvalue weighted by molar-refractivity contribution is 5.99. The number of rotatable bonds is 6. The molecule has 0 aromatic carbocycles. The molecule has 0 bridgehead atoms. The molecule has 0 aliphatic carbocycles. The molecule has 1 rings (SSSR count). The molecule has 1 heterocycles. The molecule has 0 saturated heterocycles. The Balaban J connectivity index is 2.94. The van der Waals surface area contributed by atoms with Crippen molar-refractivity contribution in [2.45, 2.75) is 34.1 Å². The maximum absolute atomic E-state index is 12.4. The van der Waals surface area contributed by atoms with Gasteiger partial charge in [0, 0.05) is 32.0 Å². The largest absolute Gasteiger partial charge is 0.384 e. The lowest BCUT2D eigenvalue weighted by molar-refractivity contribution is 0.0779. The molecule has 0 atom stereocenters. The van der Waals surface area contributed by atoms with E-state index >= 15 is 0 Å². The second kappa shape index (κ2) is 7.12. The van der Waals surface area contributed by atoms with Crippen molar-refractivity contribution in [1.82, 2.24) is 9.88 Å². The highest BCUT2D eigenvalue weighted by atomic mass is 16.2. The van der Waals surface area contributed by atoms with Crippen molar-refractivity contribution in [2.24, 2.45) is 5.92 Å². The van der Waals surface area contributed by atoms with Gasteiger partial charge >= 0.3 is 0 Å². The summed E-state index contributed by atoms with van der Waals surface area (Å²) in [4.78, 5) is 18.4. The van der Waals surface area contributed by atoms with Crippen LogP contribution in [0.15, 0.2) is 12.3 Å². The summed E-state index contributed by atoms with van der Waals surface area (Å²) < 4.78 is 0. The number of aryl methyl sites for hydroxylation is 1. The maximum Gasteiger partial charge on any atom is 0.257 e. The Morgan fingerprint density at radius 3 is 2.74 bits per heavy atom. The topological polar surface area (TPSA) is 45.2 Å². The number of amides is 1. The van der Waals surface area contributed by atoms with Gasteiger partial charge in [-0.25, -0.2) is 0 Å². The summed E-state index contributed by atoms with van der Waals surface area (Å²) in [5.41, 5.74) is 2.46. The van der Waals surface area contributed by atoms with E-state index in [-0.39, 0.29) is 5.91 Å².